The highest BCUT2D eigenvalue weighted by atomic mass is 32.1. The molecule has 1 aromatic carbocycles. The average molecular weight is 334 g/mol. The first kappa shape index (κ1) is 15.5. The highest BCUT2D eigenvalue weighted by molar-refractivity contribution is 7.22. The van der Waals surface area contributed by atoms with Crippen molar-refractivity contribution in [2.24, 2.45) is 0 Å². The lowest BCUT2D eigenvalue weighted by atomic mass is 10.2. The number of aryl methyl sites for hydroxylation is 3. The minimum atomic E-state index is -0.270. The van der Waals surface area contributed by atoms with E-state index in [0.29, 0.717) is 51.9 Å². The van der Waals surface area contributed by atoms with Crippen LogP contribution < -0.4 is 5.32 Å². The number of halogens is 1. The number of anilines is 1. The number of carbonyl (C=O) groups excluding carboxylic acids is 1. The molecule has 0 saturated carbocycles. The Morgan fingerprint density at radius 3 is 2.91 bits per heavy atom. The molecule has 1 N–H and O–H groups in total. The quantitative estimate of drug-likeness (QED) is 0.773. The van der Waals surface area contributed by atoms with Gasteiger partial charge in [-0.2, -0.15) is 4.98 Å². The van der Waals surface area contributed by atoms with Gasteiger partial charge in [0.1, 0.15) is 5.82 Å². The van der Waals surface area contributed by atoms with Crippen LogP contribution in [0.2, 0.25) is 0 Å². The molecule has 8 heteroatoms. The Labute approximate surface area is 135 Å². The standard InChI is InChI=1S/C15H15FN4O2S/c1-8-6-11-12(7-10(8)16)23-15(18-11)19-13(21)4-3-5-14-17-9(2)20-22-14/h6-7H,3-5H2,1-2H3,(H,18,19,21). The second kappa shape index (κ2) is 6.41. The van der Waals surface area contributed by atoms with E-state index in [1.807, 2.05) is 0 Å². The molecule has 0 atom stereocenters. The fourth-order valence-electron chi connectivity index (χ4n) is 2.13. The molecule has 2 aromatic heterocycles. The Balaban J connectivity index is 1.57. The van der Waals surface area contributed by atoms with E-state index in [-0.39, 0.29) is 11.7 Å². The smallest absolute Gasteiger partial charge is 0.226 e. The number of hydrogen-bond acceptors (Lipinski definition) is 6. The monoisotopic (exact) mass is 334 g/mol. The predicted octanol–water partition coefficient (Wildman–Crippen LogP) is 3.40. The zero-order valence-electron chi connectivity index (χ0n) is 12.7. The van der Waals surface area contributed by atoms with Crippen molar-refractivity contribution in [3.05, 3.63) is 35.2 Å². The summed E-state index contributed by atoms with van der Waals surface area (Å²) in [5.41, 5.74) is 1.22. The Morgan fingerprint density at radius 1 is 1.35 bits per heavy atom. The zero-order valence-corrected chi connectivity index (χ0v) is 13.5. The lowest BCUT2D eigenvalue weighted by molar-refractivity contribution is -0.116. The Hall–Kier alpha value is -2.35. The van der Waals surface area contributed by atoms with E-state index >= 15 is 0 Å². The summed E-state index contributed by atoms with van der Waals surface area (Å²) in [4.78, 5) is 20.3. The van der Waals surface area contributed by atoms with Crippen LogP contribution >= 0.6 is 11.3 Å². The van der Waals surface area contributed by atoms with Gasteiger partial charge in [0.25, 0.3) is 0 Å². The summed E-state index contributed by atoms with van der Waals surface area (Å²) >= 11 is 1.26. The summed E-state index contributed by atoms with van der Waals surface area (Å²) in [6, 6.07) is 3.12. The topological polar surface area (TPSA) is 80.9 Å². The normalized spacial score (nSPS) is 11.1. The van der Waals surface area contributed by atoms with E-state index in [0.717, 1.165) is 0 Å². The molecule has 0 unspecified atom stereocenters. The number of nitrogens with zero attached hydrogens (tertiary/aromatic N) is 3. The number of rotatable bonds is 5. The van der Waals surface area contributed by atoms with Gasteiger partial charge in [-0.15, -0.1) is 0 Å². The van der Waals surface area contributed by atoms with E-state index in [2.05, 4.69) is 20.4 Å². The van der Waals surface area contributed by atoms with E-state index in [4.69, 9.17) is 4.52 Å². The number of fused-ring (bicyclic) bond motifs is 1. The van der Waals surface area contributed by atoms with Gasteiger partial charge in [-0.3, -0.25) is 4.79 Å². The van der Waals surface area contributed by atoms with E-state index in [1.54, 1.807) is 19.9 Å². The molecule has 23 heavy (non-hydrogen) atoms. The van der Waals surface area contributed by atoms with Crippen LogP contribution in [-0.2, 0) is 11.2 Å². The van der Waals surface area contributed by atoms with Crippen LogP contribution in [0.15, 0.2) is 16.7 Å². The molecule has 2 heterocycles. The van der Waals surface area contributed by atoms with E-state index in [1.165, 1.54) is 17.4 Å². The number of nitrogens with one attached hydrogen (secondary N) is 1. The first-order valence-corrected chi connectivity index (χ1v) is 7.98. The van der Waals surface area contributed by atoms with Gasteiger partial charge >= 0.3 is 0 Å². The SMILES string of the molecule is Cc1noc(CCCC(=O)Nc2nc3cc(C)c(F)cc3s2)n1. The number of thiazole rings is 1. The lowest BCUT2D eigenvalue weighted by Gasteiger charge is -1.99. The molecule has 6 nitrogen and oxygen atoms in total. The average Bonchev–Trinajstić information content (AvgIpc) is 3.05. The van der Waals surface area contributed by atoms with Gasteiger partial charge in [-0.25, -0.2) is 9.37 Å². The third kappa shape index (κ3) is 3.70. The molecular formula is C15H15FN4O2S. The molecule has 0 aliphatic heterocycles. The number of aromatic nitrogens is 3. The highest BCUT2D eigenvalue weighted by Gasteiger charge is 2.11. The van der Waals surface area contributed by atoms with Gasteiger partial charge in [0.05, 0.1) is 10.2 Å². The van der Waals surface area contributed by atoms with Crippen LogP contribution in [0.25, 0.3) is 10.2 Å². The molecule has 3 aromatic rings. The van der Waals surface area contributed by atoms with Gasteiger partial charge in [-0.05, 0) is 38.0 Å². The summed E-state index contributed by atoms with van der Waals surface area (Å²) in [6.07, 6.45) is 1.48. The Kier molecular flexibility index (Phi) is 4.33. The van der Waals surface area contributed by atoms with Gasteiger partial charge in [0, 0.05) is 12.8 Å². The van der Waals surface area contributed by atoms with Gasteiger partial charge in [0.2, 0.25) is 11.8 Å². The summed E-state index contributed by atoms with van der Waals surface area (Å²) in [6.45, 7) is 3.43. The highest BCUT2D eigenvalue weighted by Crippen LogP contribution is 2.28. The lowest BCUT2D eigenvalue weighted by Crippen LogP contribution is -2.11. The van der Waals surface area contributed by atoms with Crippen LogP contribution in [0.4, 0.5) is 9.52 Å². The molecule has 0 aliphatic carbocycles. The maximum absolute atomic E-state index is 13.5. The summed E-state index contributed by atoms with van der Waals surface area (Å²) < 4.78 is 19.2. The summed E-state index contributed by atoms with van der Waals surface area (Å²) in [7, 11) is 0. The van der Waals surface area contributed by atoms with Crippen LogP contribution in [-0.4, -0.2) is 21.0 Å². The summed E-state index contributed by atoms with van der Waals surface area (Å²) in [5, 5.41) is 6.91. The second-order valence-corrected chi connectivity index (χ2v) is 6.26. The van der Waals surface area contributed by atoms with Crippen molar-refractivity contribution in [2.45, 2.75) is 33.1 Å². The first-order chi connectivity index (χ1) is 11.0. The molecule has 0 bridgehead atoms. The predicted molar refractivity (Wildman–Crippen MR) is 84.9 cm³/mol. The van der Waals surface area contributed by atoms with Crippen molar-refractivity contribution >= 4 is 32.6 Å². The molecule has 1 amide bonds. The molecule has 0 saturated heterocycles. The van der Waals surface area contributed by atoms with Gasteiger partial charge < -0.3 is 9.84 Å². The number of carbonyl (C=O) groups is 1. The van der Waals surface area contributed by atoms with Crippen LogP contribution in [0, 0.1) is 19.7 Å². The van der Waals surface area contributed by atoms with Crippen LogP contribution in [0.5, 0.6) is 0 Å². The molecule has 0 spiro atoms. The fourth-order valence-corrected chi connectivity index (χ4v) is 3.02. The van der Waals surface area contributed by atoms with Crippen molar-refractivity contribution in [3.63, 3.8) is 0 Å². The number of amides is 1. The maximum Gasteiger partial charge on any atom is 0.226 e. The largest absolute Gasteiger partial charge is 0.339 e. The van der Waals surface area contributed by atoms with Crippen molar-refractivity contribution in [3.8, 4) is 0 Å². The molecule has 0 fully saturated rings. The van der Waals surface area contributed by atoms with Crippen molar-refractivity contribution in [2.75, 3.05) is 5.32 Å². The Morgan fingerprint density at radius 2 is 2.17 bits per heavy atom. The zero-order chi connectivity index (χ0) is 16.4. The number of hydrogen-bond donors (Lipinski definition) is 1. The number of benzene rings is 1. The van der Waals surface area contributed by atoms with E-state index < -0.39 is 0 Å². The minimum absolute atomic E-state index is 0.141. The fraction of sp³-hybridized carbons (Fsp3) is 0.333. The summed E-state index contributed by atoms with van der Waals surface area (Å²) in [5.74, 6) is 0.703. The Bertz CT molecular complexity index is 819. The maximum atomic E-state index is 13.5. The second-order valence-electron chi connectivity index (χ2n) is 5.23. The van der Waals surface area contributed by atoms with Gasteiger partial charge in [0.15, 0.2) is 11.0 Å². The molecule has 120 valence electrons. The van der Waals surface area contributed by atoms with Gasteiger partial charge in [-0.1, -0.05) is 16.5 Å². The third-order valence-corrected chi connectivity index (χ3v) is 4.21. The van der Waals surface area contributed by atoms with Crippen molar-refractivity contribution in [1.29, 1.82) is 0 Å². The molecule has 3 rings (SSSR count). The molecule has 0 aliphatic rings. The van der Waals surface area contributed by atoms with Crippen LogP contribution in [0.3, 0.4) is 0 Å². The third-order valence-electron chi connectivity index (χ3n) is 3.28. The molecule has 0 radical (unpaired) electrons. The molecular weight excluding hydrogens is 319 g/mol. The van der Waals surface area contributed by atoms with E-state index in [9.17, 15) is 9.18 Å². The van der Waals surface area contributed by atoms with Crippen molar-refractivity contribution in [1.82, 2.24) is 15.1 Å². The van der Waals surface area contributed by atoms with Crippen LogP contribution in [0.1, 0.15) is 30.1 Å². The first-order valence-electron chi connectivity index (χ1n) is 7.17. The minimum Gasteiger partial charge on any atom is -0.339 e. The van der Waals surface area contributed by atoms with Crippen molar-refractivity contribution < 1.29 is 13.7 Å².